The van der Waals surface area contributed by atoms with Gasteiger partial charge in [0.05, 0.1) is 6.54 Å². The van der Waals surface area contributed by atoms with Crippen molar-refractivity contribution in [3.63, 3.8) is 0 Å². The van der Waals surface area contributed by atoms with Crippen LogP contribution in [0.1, 0.15) is 19.8 Å². The van der Waals surface area contributed by atoms with Crippen molar-refractivity contribution in [3.05, 3.63) is 51.2 Å². The highest BCUT2D eigenvalue weighted by Gasteiger charge is 2.26. The number of nitrogens with zero attached hydrogens (tertiary/aromatic N) is 4. The second-order valence-corrected chi connectivity index (χ2v) is 7.98. The average molecular weight is 413 g/mol. The van der Waals surface area contributed by atoms with Crippen LogP contribution in [0, 0.1) is 5.92 Å². The van der Waals surface area contributed by atoms with Gasteiger partial charge in [0.1, 0.15) is 18.5 Å². The van der Waals surface area contributed by atoms with Crippen LogP contribution in [-0.4, -0.2) is 50.0 Å². The highest BCUT2D eigenvalue weighted by atomic mass is 16.5. The molecule has 160 valence electrons. The molecule has 1 aliphatic heterocycles. The minimum absolute atomic E-state index is 0.0726. The van der Waals surface area contributed by atoms with Crippen LogP contribution >= 0.6 is 0 Å². The minimum Gasteiger partial charge on any atom is -0.491 e. The van der Waals surface area contributed by atoms with Gasteiger partial charge in [-0.05, 0) is 30.9 Å². The summed E-state index contributed by atoms with van der Waals surface area (Å²) >= 11 is 0. The lowest BCUT2D eigenvalue weighted by molar-refractivity contribution is 0.0935. The van der Waals surface area contributed by atoms with E-state index < -0.39 is 17.4 Å². The average Bonchev–Trinajstić information content (AvgIpc) is 3.11. The van der Waals surface area contributed by atoms with E-state index in [1.165, 1.54) is 4.57 Å². The number of benzene rings is 1. The summed E-state index contributed by atoms with van der Waals surface area (Å²) in [6, 6.07) is 9.26. The Balaban J connectivity index is 1.69. The third-order valence-electron chi connectivity index (χ3n) is 5.51. The predicted molar refractivity (Wildman–Crippen MR) is 114 cm³/mol. The molecular weight excluding hydrogens is 386 g/mol. The van der Waals surface area contributed by atoms with Gasteiger partial charge in [-0.15, -0.1) is 0 Å². The smallest absolute Gasteiger partial charge is 0.329 e. The van der Waals surface area contributed by atoms with Crippen molar-refractivity contribution in [2.45, 2.75) is 32.4 Å². The number of para-hydroxylation sites is 1. The number of piperidine rings is 1. The fourth-order valence-corrected chi connectivity index (χ4v) is 3.98. The summed E-state index contributed by atoms with van der Waals surface area (Å²) in [5.74, 6) is 1.76. The molecule has 1 saturated heterocycles. The number of aliphatic hydroxyl groups excluding tert-OH is 1. The quantitative estimate of drug-likeness (QED) is 0.627. The van der Waals surface area contributed by atoms with Gasteiger partial charge in [-0.25, -0.2) is 4.79 Å². The van der Waals surface area contributed by atoms with Crippen LogP contribution in [0.15, 0.2) is 39.9 Å². The van der Waals surface area contributed by atoms with Crippen LogP contribution in [0.5, 0.6) is 5.75 Å². The van der Waals surface area contributed by atoms with Gasteiger partial charge in [-0.2, -0.15) is 4.98 Å². The van der Waals surface area contributed by atoms with Crippen molar-refractivity contribution in [2.24, 2.45) is 13.0 Å². The SMILES string of the molecule is C[C@H]1CCCN(c2nc3c(c(=O)[nH]c(=O)n3C)n2C[C@H](O)COc2ccccc2)C1. The van der Waals surface area contributed by atoms with Crippen LogP contribution in [0.3, 0.4) is 0 Å². The molecular formula is C21H27N5O4. The number of hydrogen-bond donors (Lipinski definition) is 2. The Morgan fingerprint density at radius 2 is 2.07 bits per heavy atom. The molecule has 0 saturated carbocycles. The van der Waals surface area contributed by atoms with Gasteiger partial charge >= 0.3 is 5.69 Å². The first-order valence-electron chi connectivity index (χ1n) is 10.2. The molecule has 0 radical (unpaired) electrons. The summed E-state index contributed by atoms with van der Waals surface area (Å²) in [5.41, 5.74) is -0.422. The lowest BCUT2D eigenvalue weighted by atomic mass is 10.0. The number of fused-ring (bicyclic) bond motifs is 1. The van der Waals surface area contributed by atoms with Gasteiger partial charge in [0.25, 0.3) is 5.56 Å². The van der Waals surface area contributed by atoms with E-state index in [0.29, 0.717) is 23.3 Å². The molecule has 0 spiro atoms. The molecule has 9 heteroatoms. The van der Waals surface area contributed by atoms with Crippen molar-refractivity contribution >= 4 is 17.1 Å². The van der Waals surface area contributed by atoms with Crippen LogP contribution in [0.4, 0.5) is 5.95 Å². The van der Waals surface area contributed by atoms with E-state index in [1.54, 1.807) is 11.6 Å². The fourth-order valence-electron chi connectivity index (χ4n) is 3.98. The van der Waals surface area contributed by atoms with E-state index in [0.717, 1.165) is 25.9 Å². The first-order chi connectivity index (χ1) is 14.4. The zero-order valence-corrected chi connectivity index (χ0v) is 17.2. The Morgan fingerprint density at radius 3 is 2.80 bits per heavy atom. The molecule has 4 rings (SSSR count). The Labute approximate surface area is 173 Å². The van der Waals surface area contributed by atoms with E-state index in [-0.39, 0.29) is 18.7 Å². The van der Waals surface area contributed by atoms with E-state index in [1.807, 2.05) is 30.3 Å². The first kappa shape index (κ1) is 20.2. The maximum atomic E-state index is 12.6. The summed E-state index contributed by atoms with van der Waals surface area (Å²) in [6.07, 6.45) is 1.31. The van der Waals surface area contributed by atoms with Gasteiger partial charge in [-0.1, -0.05) is 25.1 Å². The highest BCUT2D eigenvalue weighted by molar-refractivity contribution is 5.74. The molecule has 1 aromatic carbocycles. The molecule has 0 unspecified atom stereocenters. The van der Waals surface area contributed by atoms with Gasteiger partial charge in [0.15, 0.2) is 11.2 Å². The minimum atomic E-state index is -0.861. The number of aromatic amines is 1. The van der Waals surface area contributed by atoms with Crippen LogP contribution in [-0.2, 0) is 13.6 Å². The van der Waals surface area contributed by atoms with E-state index >= 15 is 0 Å². The van der Waals surface area contributed by atoms with E-state index in [2.05, 4.69) is 21.8 Å². The molecule has 2 N–H and O–H groups in total. The summed E-state index contributed by atoms with van der Waals surface area (Å²) in [6.45, 7) is 4.01. The van der Waals surface area contributed by atoms with E-state index in [4.69, 9.17) is 4.74 Å². The molecule has 9 nitrogen and oxygen atoms in total. The molecule has 0 bridgehead atoms. The summed E-state index contributed by atoms with van der Waals surface area (Å²) < 4.78 is 8.71. The van der Waals surface area contributed by atoms with Gasteiger partial charge < -0.3 is 19.3 Å². The molecule has 1 aliphatic rings. The molecule has 2 atom stereocenters. The van der Waals surface area contributed by atoms with Crippen LogP contribution < -0.4 is 20.9 Å². The highest BCUT2D eigenvalue weighted by Crippen LogP contribution is 2.25. The number of aromatic nitrogens is 4. The fraction of sp³-hybridized carbons (Fsp3) is 0.476. The number of imidazole rings is 1. The number of anilines is 1. The van der Waals surface area contributed by atoms with Gasteiger partial charge in [0, 0.05) is 20.1 Å². The molecule has 3 heterocycles. The van der Waals surface area contributed by atoms with Crippen molar-refractivity contribution < 1.29 is 9.84 Å². The first-order valence-corrected chi connectivity index (χ1v) is 10.2. The number of nitrogens with one attached hydrogen (secondary N) is 1. The maximum absolute atomic E-state index is 12.6. The Kier molecular flexibility index (Phi) is 5.63. The maximum Gasteiger partial charge on any atom is 0.329 e. The van der Waals surface area contributed by atoms with Gasteiger partial charge in [0.2, 0.25) is 5.95 Å². The zero-order valence-electron chi connectivity index (χ0n) is 17.2. The van der Waals surface area contributed by atoms with Gasteiger partial charge in [-0.3, -0.25) is 14.3 Å². The lowest BCUT2D eigenvalue weighted by Gasteiger charge is -2.32. The Bertz CT molecular complexity index is 1130. The third-order valence-corrected chi connectivity index (χ3v) is 5.51. The number of aliphatic hydroxyl groups is 1. The summed E-state index contributed by atoms with van der Waals surface area (Å²) in [7, 11) is 1.58. The second kappa shape index (κ2) is 8.35. The number of aryl methyl sites for hydroxylation is 1. The summed E-state index contributed by atoms with van der Waals surface area (Å²) in [4.78, 5) is 33.8. The van der Waals surface area contributed by atoms with Crippen LogP contribution in [0.25, 0.3) is 11.2 Å². The Hall–Kier alpha value is -3.07. The topological polar surface area (TPSA) is 105 Å². The lowest BCUT2D eigenvalue weighted by Crippen LogP contribution is -2.37. The van der Waals surface area contributed by atoms with E-state index in [9.17, 15) is 14.7 Å². The molecule has 1 fully saturated rings. The third kappa shape index (κ3) is 3.97. The molecule has 30 heavy (non-hydrogen) atoms. The Morgan fingerprint density at radius 1 is 1.30 bits per heavy atom. The van der Waals surface area contributed by atoms with Crippen molar-refractivity contribution in [3.8, 4) is 5.75 Å². The molecule has 0 amide bonds. The summed E-state index contributed by atoms with van der Waals surface area (Å²) in [5, 5.41) is 10.7. The normalized spacial score (nSPS) is 18.0. The number of ether oxygens (including phenoxy) is 1. The van der Waals surface area contributed by atoms with Crippen LogP contribution in [0.2, 0.25) is 0 Å². The largest absolute Gasteiger partial charge is 0.491 e. The molecule has 0 aliphatic carbocycles. The van der Waals surface area contributed by atoms with Crippen molar-refractivity contribution in [2.75, 3.05) is 24.6 Å². The molecule has 3 aromatic rings. The monoisotopic (exact) mass is 413 g/mol. The van der Waals surface area contributed by atoms with Crippen molar-refractivity contribution in [1.82, 2.24) is 19.1 Å². The predicted octanol–water partition coefficient (Wildman–Crippen LogP) is 1.10. The second-order valence-electron chi connectivity index (χ2n) is 7.98. The standard InChI is InChI=1S/C21H27N5O4/c1-14-7-6-10-25(11-14)20-22-18-17(19(28)23-21(29)24(18)2)26(20)12-15(27)13-30-16-8-4-3-5-9-16/h3-5,8-9,14-15,27H,6-7,10-13H2,1-2H3,(H,23,28,29)/t14-,15-/m0/s1. The number of rotatable bonds is 6. The van der Waals surface area contributed by atoms with Crippen molar-refractivity contribution in [1.29, 1.82) is 0 Å². The number of hydrogen-bond acceptors (Lipinski definition) is 6. The number of H-pyrrole nitrogens is 1. The zero-order chi connectivity index (χ0) is 21.3. The molecule has 2 aromatic heterocycles.